The molecule has 3 heteroatoms. The quantitative estimate of drug-likeness (QED) is 0.808. The van der Waals surface area contributed by atoms with Crippen LogP contribution in [0.2, 0.25) is 5.02 Å². The molecule has 0 saturated carbocycles. The van der Waals surface area contributed by atoms with Crippen LogP contribution in [0.4, 0.5) is 0 Å². The summed E-state index contributed by atoms with van der Waals surface area (Å²) in [6.45, 7) is 8.35. The number of halogens is 1. The lowest BCUT2D eigenvalue weighted by Crippen LogP contribution is -2.23. The van der Waals surface area contributed by atoms with Crippen molar-refractivity contribution in [3.63, 3.8) is 0 Å². The Morgan fingerprint density at radius 1 is 1.42 bits per heavy atom. The molecule has 0 aliphatic carbocycles. The monoisotopic (exact) mass is 277 g/mol. The zero-order valence-electron chi connectivity index (χ0n) is 11.9. The van der Waals surface area contributed by atoms with Gasteiger partial charge in [-0.3, -0.25) is 4.79 Å². The molecule has 0 aliphatic heterocycles. The summed E-state index contributed by atoms with van der Waals surface area (Å²) in [5, 5.41) is 9.79. The normalized spacial score (nSPS) is 14.5. The van der Waals surface area contributed by atoms with Crippen molar-refractivity contribution in [2.75, 3.05) is 0 Å². The van der Waals surface area contributed by atoms with Crippen LogP contribution in [0.25, 0.3) is 0 Å². The zero-order valence-corrected chi connectivity index (χ0v) is 12.7. The molecule has 0 bridgehead atoms. The van der Waals surface area contributed by atoms with Gasteiger partial charge in [0.25, 0.3) is 0 Å². The summed E-state index contributed by atoms with van der Waals surface area (Å²) in [6.07, 6.45) is 0.411. The molecule has 102 valence electrons. The standard InChI is InChI=1S/C16H20ClNO/c1-11(16(2,3)4)8-15(19)14(10-18)12-6-5-7-13(17)9-12/h5-7,9,11,14H,8H2,1-4H3. The van der Waals surface area contributed by atoms with Crippen molar-refractivity contribution in [3.8, 4) is 6.07 Å². The number of hydrogen-bond donors (Lipinski definition) is 0. The van der Waals surface area contributed by atoms with E-state index in [1.165, 1.54) is 0 Å². The minimum atomic E-state index is -0.719. The number of carbonyl (C=O) groups excluding carboxylic acids is 1. The molecule has 0 spiro atoms. The zero-order chi connectivity index (χ0) is 14.6. The summed E-state index contributed by atoms with van der Waals surface area (Å²) in [5.74, 6) is -0.522. The van der Waals surface area contributed by atoms with Gasteiger partial charge >= 0.3 is 0 Å². The maximum absolute atomic E-state index is 12.3. The second kappa shape index (κ2) is 6.21. The predicted octanol–water partition coefficient (Wildman–Crippen LogP) is 4.59. The van der Waals surface area contributed by atoms with Gasteiger partial charge in [-0.05, 0) is 29.0 Å². The summed E-state index contributed by atoms with van der Waals surface area (Å²) in [5.41, 5.74) is 0.741. The molecule has 1 aromatic carbocycles. The van der Waals surface area contributed by atoms with Crippen molar-refractivity contribution >= 4 is 17.4 Å². The topological polar surface area (TPSA) is 40.9 Å². The maximum Gasteiger partial charge on any atom is 0.154 e. The SMILES string of the molecule is CC(CC(=O)C(C#N)c1cccc(Cl)c1)C(C)(C)C. The molecular formula is C16H20ClNO. The van der Waals surface area contributed by atoms with Crippen LogP contribution in [0.5, 0.6) is 0 Å². The molecule has 1 aromatic rings. The first-order valence-electron chi connectivity index (χ1n) is 6.43. The fourth-order valence-corrected chi connectivity index (χ4v) is 1.94. The summed E-state index contributed by atoms with van der Waals surface area (Å²) in [4.78, 5) is 12.3. The first-order chi connectivity index (χ1) is 8.75. The Bertz CT molecular complexity index is 496. The molecule has 0 N–H and O–H groups in total. The van der Waals surface area contributed by atoms with Crippen molar-refractivity contribution < 1.29 is 4.79 Å². The highest BCUT2D eigenvalue weighted by molar-refractivity contribution is 6.30. The molecule has 0 fully saturated rings. The van der Waals surface area contributed by atoms with Crippen molar-refractivity contribution in [2.24, 2.45) is 11.3 Å². The van der Waals surface area contributed by atoms with Gasteiger partial charge in [0.05, 0.1) is 6.07 Å². The van der Waals surface area contributed by atoms with Gasteiger partial charge in [0.15, 0.2) is 5.78 Å². The van der Waals surface area contributed by atoms with Crippen LogP contribution in [-0.2, 0) is 4.79 Å². The second-order valence-corrected chi connectivity index (χ2v) is 6.49. The molecule has 1 rings (SSSR count). The minimum Gasteiger partial charge on any atom is -0.298 e. The van der Waals surface area contributed by atoms with Gasteiger partial charge < -0.3 is 0 Å². The van der Waals surface area contributed by atoms with Crippen LogP contribution in [0.1, 0.15) is 45.6 Å². The molecule has 0 aliphatic rings. The van der Waals surface area contributed by atoms with E-state index >= 15 is 0 Å². The van der Waals surface area contributed by atoms with Gasteiger partial charge in [-0.1, -0.05) is 51.4 Å². The first-order valence-corrected chi connectivity index (χ1v) is 6.81. The van der Waals surface area contributed by atoms with Crippen LogP contribution < -0.4 is 0 Å². The Morgan fingerprint density at radius 2 is 2.05 bits per heavy atom. The smallest absolute Gasteiger partial charge is 0.154 e. The number of rotatable bonds is 4. The van der Waals surface area contributed by atoms with E-state index in [1.54, 1.807) is 24.3 Å². The van der Waals surface area contributed by atoms with E-state index in [-0.39, 0.29) is 17.1 Å². The van der Waals surface area contributed by atoms with Gasteiger partial charge in [-0.25, -0.2) is 0 Å². The molecule has 0 amide bonds. The van der Waals surface area contributed by atoms with E-state index in [0.29, 0.717) is 17.0 Å². The van der Waals surface area contributed by atoms with Crippen molar-refractivity contribution in [1.29, 1.82) is 5.26 Å². The first kappa shape index (κ1) is 15.7. The van der Waals surface area contributed by atoms with Gasteiger partial charge in [0, 0.05) is 11.4 Å². The van der Waals surface area contributed by atoms with Crippen molar-refractivity contribution in [2.45, 2.75) is 40.0 Å². The summed E-state index contributed by atoms with van der Waals surface area (Å²) >= 11 is 5.91. The number of carbonyl (C=O) groups is 1. The molecule has 0 heterocycles. The van der Waals surface area contributed by atoms with Crippen LogP contribution in [0.15, 0.2) is 24.3 Å². The highest BCUT2D eigenvalue weighted by atomic mass is 35.5. The third kappa shape index (κ3) is 4.36. The Morgan fingerprint density at radius 3 is 2.53 bits per heavy atom. The summed E-state index contributed by atoms with van der Waals surface area (Å²) < 4.78 is 0. The van der Waals surface area contributed by atoms with Gasteiger partial charge in [0.1, 0.15) is 5.92 Å². The highest BCUT2D eigenvalue weighted by Gasteiger charge is 2.27. The fraction of sp³-hybridized carbons (Fsp3) is 0.500. The maximum atomic E-state index is 12.3. The summed E-state index contributed by atoms with van der Waals surface area (Å²) in [6, 6.07) is 9.06. The van der Waals surface area contributed by atoms with E-state index in [0.717, 1.165) is 0 Å². The van der Waals surface area contributed by atoms with E-state index in [2.05, 4.69) is 26.8 Å². The number of nitrogens with zero attached hydrogens (tertiary/aromatic N) is 1. The molecule has 19 heavy (non-hydrogen) atoms. The molecule has 0 saturated heterocycles. The van der Waals surface area contributed by atoms with E-state index in [4.69, 9.17) is 11.6 Å². The number of nitriles is 1. The highest BCUT2D eigenvalue weighted by Crippen LogP contribution is 2.31. The molecule has 2 atom stereocenters. The van der Waals surface area contributed by atoms with Crippen LogP contribution in [0.3, 0.4) is 0 Å². The lowest BCUT2D eigenvalue weighted by molar-refractivity contribution is -0.120. The van der Waals surface area contributed by atoms with Crippen molar-refractivity contribution in [3.05, 3.63) is 34.9 Å². The van der Waals surface area contributed by atoms with Crippen LogP contribution in [0, 0.1) is 22.7 Å². The molecular weight excluding hydrogens is 258 g/mol. The summed E-state index contributed by atoms with van der Waals surface area (Å²) in [7, 11) is 0. The third-order valence-electron chi connectivity index (χ3n) is 3.62. The predicted molar refractivity (Wildman–Crippen MR) is 78.0 cm³/mol. The number of ketones is 1. The Kier molecular flexibility index (Phi) is 5.14. The Hall–Kier alpha value is -1.33. The number of Topliss-reactive ketones (excluding diaryl/α,β-unsaturated/α-hetero) is 1. The lowest BCUT2D eigenvalue weighted by Gasteiger charge is -2.27. The van der Waals surface area contributed by atoms with E-state index < -0.39 is 5.92 Å². The van der Waals surface area contributed by atoms with Crippen LogP contribution >= 0.6 is 11.6 Å². The second-order valence-electron chi connectivity index (χ2n) is 6.05. The van der Waals surface area contributed by atoms with Gasteiger partial charge in [0.2, 0.25) is 0 Å². The number of benzene rings is 1. The van der Waals surface area contributed by atoms with E-state index in [9.17, 15) is 10.1 Å². The van der Waals surface area contributed by atoms with E-state index in [1.807, 2.05) is 6.92 Å². The molecule has 0 radical (unpaired) electrons. The fourth-order valence-electron chi connectivity index (χ4n) is 1.74. The molecule has 2 nitrogen and oxygen atoms in total. The average Bonchev–Trinajstić information content (AvgIpc) is 2.28. The lowest BCUT2D eigenvalue weighted by atomic mass is 9.77. The van der Waals surface area contributed by atoms with Crippen molar-refractivity contribution in [1.82, 2.24) is 0 Å². The minimum absolute atomic E-state index is 0.0350. The largest absolute Gasteiger partial charge is 0.298 e. The Labute approximate surface area is 120 Å². The average molecular weight is 278 g/mol. The molecule has 2 unspecified atom stereocenters. The van der Waals surface area contributed by atoms with Crippen LogP contribution in [-0.4, -0.2) is 5.78 Å². The number of hydrogen-bond acceptors (Lipinski definition) is 2. The molecule has 0 aromatic heterocycles. The third-order valence-corrected chi connectivity index (χ3v) is 3.85. The van der Waals surface area contributed by atoms with Gasteiger partial charge in [-0.15, -0.1) is 0 Å². The Balaban J connectivity index is 2.88. The van der Waals surface area contributed by atoms with Gasteiger partial charge in [-0.2, -0.15) is 5.26 Å².